The molecule has 0 bridgehead atoms. The highest BCUT2D eigenvalue weighted by Gasteiger charge is 2.26. The Balaban J connectivity index is 1.68. The van der Waals surface area contributed by atoms with Crippen molar-refractivity contribution in [2.45, 2.75) is 38.5 Å². The summed E-state index contributed by atoms with van der Waals surface area (Å²) in [6.07, 6.45) is 6.11. The van der Waals surface area contributed by atoms with Crippen molar-refractivity contribution in [3.05, 3.63) is 65.5 Å². The lowest BCUT2D eigenvalue weighted by molar-refractivity contribution is -0.0112. The molecule has 0 radical (unpaired) electrons. The molecule has 1 fully saturated rings. The summed E-state index contributed by atoms with van der Waals surface area (Å²) in [5.74, 6) is 0. The molecule has 0 amide bonds. The van der Waals surface area contributed by atoms with Crippen LogP contribution in [0.15, 0.2) is 48.8 Å². The molecule has 2 aromatic rings. The van der Waals surface area contributed by atoms with E-state index < -0.39 is 0 Å². The van der Waals surface area contributed by atoms with E-state index in [0.717, 1.165) is 26.0 Å². The predicted octanol–water partition coefficient (Wildman–Crippen LogP) is 3.40. The number of benzene rings is 1. The van der Waals surface area contributed by atoms with E-state index in [2.05, 4.69) is 53.6 Å². The maximum Gasteiger partial charge on any atom is 0.0977 e. The van der Waals surface area contributed by atoms with Crippen LogP contribution in [0.3, 0.4) is 0 Å². The summed E-state index contributed by atoms with van der Waals surface area (Å²) in [5.41, 5.74) is 3.82. The molecule has 3 nitrogen and oxygen atoms in total. The molecule has 0 spiro atoms. The van der Waals surface area contributed by atoms with Gasteiger partial charge in [-0.3, -0.25) is 4.98 Å². The van der Waals surface area contributed by atoms with Crippen molar-refractivity contribution in [2.24, 2.45) is 0 Å². The highest BCUT2D eigenvalue weighted by Crippen LogP contribution is 2.28. The third-order valence-corrected chi connectivity index (χ3v) is 4.05. The van der Waals surface area contributed by atoms with Crippen LogP contribution in [0.5, 0.6) is 0 Å². The number of hydrogen-bond donors (Lipinski definition) is 1. The van der Waals surface area contributed by atoms with Crippen molar-refractivity contribution in [1.82, 2.24) is 10.3 Å². The van der Waals surface area contributed by atoms with Crippen molar-refractivity contribution < 1.29 is 4.74 Å². The van der Waals surface area contributed by atoms with E-state index in [1.807, 2.05) is 12.4 Å². The molecule has 0 saturated carbocycles. The molecular formula is C18H22N2O. The van der Waals surface area contributed by atoms with Gasteiger partial charge in [-0.25, -0.2) is 0 Å². The van der Waals surface area contributed by atoms with Gasteiger partial charge in [-0.15, -0.1) is 0 Å². The Morgan fingerprint density at radius 1 is 1.14 bits per heavy atom. The average molecular weight is 282 g/mol. The highest BCUT2D eigenvalue weighted by atomic mass is 16.5. The van der Waals surface area contributed by atoms with Gasteiger partial charge in [-0.1, -0.05) is 29.8 Å². The standard InChI is InChI=1S/C18H22N2O/c1-14-4-6-16(7-5-14)18-17(3-2-12-21-18)20-13-15-8-10-19-11-9-15/h4-11,17-18,20H,2-3,12-13H2,1H3. The minimum atomic E-state index is 0.154. The first kappa shape index (κ1) is 14.2. The molecule has 2 unspecified atom stereocenters. The molecule has 1 saturated heterocycles. The summed E-state index contributed by atoms with van der Waals surface area (Å²) >= 11 is 0. The fourth-order valence-corrected chi connectivity index (χ4v) is 2.82. The number of aryl methyl sites for hydroxylation is 1. The largest absolute Gasteiger partial charge is 0.372 e. The summed E-state index contributed by atoms with van der Waals surface area (Å²) < 4.78 is 6.03. The number of rotatable bonds is 4. The van der Waals surface area contributed by atoms with Gasteiger partial charge in [-0.05, 0) is 43.0 Å². The number of hydrogen-bond acceptors (Lipinski definition) is 3. The Labute approximate surface area is 126 Å². The molecule has 1 N–H and O–H groups in total. The lowest BCUT2D eigenvalue weighted by Gasteiger charge is -2.33. The third kappa shape index (κ3) is 3.69. The van der Waals surface area contributed by atoms with Crippen molar-refractivity contribution >= 4 is 0 Å². The Morgan fingerprint density at radius 3 is 2.67 bits per heavy atom. The van der Waals surface area contributed by atoms with Crippen LogP contribution >= 0.6 is 0 Å². The first-order chi connectivity index (χ1) is 10.3. The van der Waals surface area contributed by atoms with E-state index in [-0.39, 0.29) is 6.10 Å². The zero-order valence-corrected chi connectivity index (χ0v) is 12.5. The number of ether oxygens (including phenoxy) is 1. The average Bonchev–Trinajstić information content (AvgIpc) is 2.55. The normalized spacial score (nSPS) is 22.1. The van der Waals surface area contributed by atoms with Crippen LogP contribution in [0.1, 0.15) is 35.6 Å². The molecule has 1 aromatic carbocycles. The molecule has 0 aliphatic carbocycles. The second kappa shape index (κ2) is 6.83. The highest BCUT2D eigenvalue weighted by molar-refractivity contribution is 5.24. The maximum atomic E-state index is 6.03. The first-order valence-corrected chi connectivity index (χ1v) is 7.63. The second-order valence-corrected chi connectivity index (χ2v) is 5.69. The molecule has 110 valence electrons. The molecule has 1 aliphatic rings. The van der Waals surface area contributed by atoms with Crippen LogP contribution in [-0.4, -0.2) is 17.6 Å². The smallest absolute Gasteiger partial charge is 0.0977 e. The summed E-state index contributed by atoms with van der Waals surface area (Å²) in [6.45, 7) is 3.83. The van der Waals surface area contributed by atoms with Gasteiger partial charge in [0.1, 0.15) is 0 Å². The van der Waals surface area contributed by atoms with E-state index >= 15 is 0 Å². The monoisotopic (exact) mass is 282 g/mol. The van der Waals surface area contributed by atoms with Gasteiger partial charge >= 0.3 is 0 Å². The van der Waals surface area contributed by atoms with Crippen molar-refractivity contribution in [2.75, 3.05) is 6.61 Å². The van der Waals surface area contributed by atoms with Crippen LogP contribution in [0, 0.1) is 6.92 Å². The molecule has 2 heterocycles. The van der Waals surface area contributed by atoms with Crippen molar-refractivity contribution in [3.63, 3.8) is 0 Å². The summed E-state index contributed by atoms with van der Waals surface area (Å²) in [7, 11) is 0. The van der Waals surface area contributed by atoms with Crippen molar-refractivity contribution in [3.8, 4) is 0 Å². The quantitative estimate of drug-likeness (QED) is 0.933. The molecule has 1 aromatic heterocycles. The van der Waals surface area contributed by atoms with Crippen LogP contribution in [0.25, 0.3) is 0 Å². The lowest BCUT2D eigenvalue weighted by atomic mass is 9.95. The Hall–Kier alpha value is -1.71. The molecule has 3 heteroatoms. The van der Waals surface area contributed by atoms with Crippen molar-refractivity contribution in [1.29, 1.82) is 0 Å². The minimum absolute atomic E-state index is 0.154. The Bertz CT molecular complexity index is 553. The molecule has 1 aliphatic heterocycles. The minimum Gasteiger partial charge on any atom is -0.372 e. The Morgan fingerprint density at radius 2 is 1.90 bits per heavy atom. The summed E-state index contributed by atoms with van der Waals surface area (Å²) in [4.78, 5) is 4.06. The zero-order chi connectivity index (χ0) is 14.5. The molecule has 21 heavy (non-hydrogen) atoms. The van der Waals surface area contributed by atoms with E-state index in [1.54, 1.807) is 0 Å². The fourth-order valence-electron chi connectivity index (χ4n) is 2.82. The van der Waals surface area contributed by atoms with Crippen LogP contribution in [-0.2, 0) is 11.3 Å². The SMILES string of the molecule is Cc1ccc(C2OCCCC2NCc2ccncc2)cc1. The van der Waals surface area contributed by atoms with Gasteiger partial charge in [0.25, 0.3) is 0 Å². The van der Waals surface area contributed by atoms with Crippen LogP contribution in [0.2, 0.25) is 0 Å². The summed E-state index contributed by atoms with van der Waals surface area (Å²) in [6, 6.07) is 13.2. The Kier molecular flexibility index (Phi) is 4.63. The van der Waals surface area contributed by atoms with Gasteiger partial charge in [0.2, 0.25) is 0 Å². The predicted molar refractivity (Wildman–Crippen MR) is 84.0 cm³/mol. The van der Waals surface area contributed by atoms with Gasteiger partial charge < -0.3 is 10.1 Å². The van der Waals surface area contributed by atoms with Gasteiger partial charge in [0.05, 0.1) is 6.10 Å². The van der Waals surface area contributed by atoms with Gasteiger partial charge in [0, 0.05) is 31.6 Å². The van der Waals surface area contributed by atoms with E-state index in [0.29, 0.717) is 6.04 Å². The molecular weight excluding hydrogens is 260 g/mol. The second-order valence-electron chi connectivity index (χ2n) is 5.69. The van der Waals surface area contributed by atoms with E-state index in [9.17, 15) is 0 Å². The van der Waals surface area contributed by atoms with Gasteiger partial charge in [0.15, 0.2) is 0 Å². The summed E-state index contributed by atoms with van der Waals surface area (Å²) in [5, 5.41) is 3.65. The fraction of sp³-hybridized carbons (Fsp3) is 0.389. The lowest BCUT2D eigenvalue weighted by Crippen LogP contribution is -2.39. The van der Waals surface area contributed by atoms with Gasteiger partial charge in [-0.2, -0.15) is 0 Å². The molecule has 2 atom stereocenters. The topological polar surface area (TPSA) is 34.1 Å². The zero-order valence-electron chi connectivity index (χ0n) is 12.5. The number of nitrogens with one attached hydrogen (secondary N) is 1. The maximum absolute atomic E-state index is 6.03. The third-order valence-electron chi connectivity index (χ3n) is 4.05. The number of pyridine rings is 1. The number of aromatic nitrogens is 1. The number of nitrogens with zero attached hydrogens (tertiary/aromatic N) is 1. The molecule has 3 rings (SSSR count). The van der Waals surface area contributed by atoms with Crippen LogP contribution < -0.4 is 5.32 Å². The van der Waals surface area contributed by atoms with E-state index in [4.69, 9.17) is 4.74 Å². The van der Waals surface area contributed by atoms with Crippen LogP contribution in [0.4, 0.5) is 0 Å². The van der Waals surface area contributed by atoms with E-state index in [1.165, 1.54) is 16.7 Å². The first-order valence-electron chi connectivity index (χ1n) is 7.63.